The van der Waals surface area contributed by atoms with Crippen molar-refractivity contribution in [2.45, 2.75) is 12.5 Å². The molecule has 0 fully saturated rings. The van der Waals surface area contributed by atoms with Crippen LogP contribution in [0.25, 0.3) is 0 Å². The number of hydrogen-bond donors (Lipinski definition) is 1. The van der Waals surface area contributed by atoms with E-state index in [1.165, 1.54) is 12.1 Å². The van der Waals surface area contributed by atoms with Gasteiger partial charge in [-0.15, -0.1) is 0 Å². The molecule has 1 unspecified atom stereocenters. The van der Waals surface area contributed by atoms with Gasteiger partial charge < -0.3 is 5.73 Å². The molecular formula is C14H11Br2F2N. The first-order valence-corrected chi connectivity index (χ1v) is 7.21. The third kappa shape index (κ3) is 3.41. The number of hydrogen-bond acceptors (Lipinski definition) is 1. The molecule has 0 amide bonds. The molecule has 0 aliphatic heterocycles. The Hall–Kier alpha value is -0.780. The average Bonchev–Trinajstić information content (AvgIpc) is 2.36. The molecule has 2 N–H and O–H groups in total. The topological polar surface area (TPSA) is 26.0 Å². The third-order valence-corrected chi connectivity index (χ3v) is 4.19. The molecule has 5 heteroatoms. The van der Waals surface area contributed by atoms with E-state index in [-0.39, 0.29) is 11.6 Å². The summed E-state index contributed by atoms with van der Waals surface area (Å²) < 4.78 is 27.9. The predicted molar refractivity (Wildman–Crippen MR) is 78.8 cm³/mol. The van der Waals surface area contributed by atoms with Crippen LogP contribution in [-0.2, 0) is 6.42 Å². The highest BCUT2D eigenvalue weighted by atomic mass is 79.9. The van der Waals surface area contributed by atoms with Crippen molar-refractivity contribution in [3.05, 3.63) is 68.1 Å². The zero-order valence-corrected chi connectivity index (χ0v) is 13.0. The summed E-state index contributed by atoms with van der Waals surface area (Å²) in [6, 6.07) is 8.92. The minimum absolute atomic E-state index is 0.321. The minimum atomic E-state index is -0.487. The van der Waals surface area contributed by atoms with E-state index in [1.807, 2.05) is 0 Å². The Labute approximate surface area is 127 Å². The van der Waals surface area contributed by atoms with Crippen molar-refractivity contribution < 1.29 is 8.78 Å². The molecule has 0 spiro atoms. The van der Waals surface area contributed by atoms with Gasteiger partial charge in [0.25, 0.3) is 0 Å². The maximum Gasteiger partial charge on any atom is 0.142 e. The molecule has 1 atom stereocenters. The summed E-state index contributed by atoms with van der Waals surface area (Å²) in [5, 5.41) is 0. The van der Waals surface area contributed by atoms with Crippen molar-refractivity contribution in [3.63, 3.8) is 0 Å². The van der Waals surface area contributed by atoms with Crippen LogP contribution in [0.1, 0.15) is 17.2 Å². The molecule has 2 rings (SSSR count). The van der Waals surface area contributed by atoms with Crippen LogP contribution >= 0.6 is 31.9 Å². The Bertz CT molecular complexity index is 602. The van der Waals surface area contributed by atoms with Crippen LogP contribution in [0.3, 0.4) is 0 Å². The van der Waals surface area contributed by atoms with Gasteiger partial charge in [0.15, 0.2) is 0 Å². The number of rotatable bonds is 3. The first-order chi connectivity index (χ1) is 8.99. The van der Waals surface area contributed by atoms with Crippen molar-refractivity contribution >= 4 is 31.9 Å². The molecule has 0 saturated heterocycles. The predicted octanol–water partition coefficient (Wildman–Crippen LogP) is 4.73. The zero-order chi connectivity index (χ0) is 14.0. The molecule has 1 nitrogen and oxygen atoms in total. The smallest absolute Gasteiger partial charge is 0.142 e. The van der Waals surface area contributed by atoms with Gasteiger partial charge in [-0.1, -0.05) is 34.1 Å². The van der Waals surface area contributed by atoms with Gasteiger partial charge in [-0.3, -0.25) is 0 Å². The highest BCUT2D eigenvalue weighted by Gasteiger charge is 2.15. The lowest BCUT2D eigenvalue weighted by Gasteiger charge is -2.15. The Balaban J connectivity index is 2.25. The van der Waals surface area contributed by atoms with E-state index in [0.29, 0.717) is 20.9 Å². The zero-order valence-electron chi connectivity index (χ0n) is 9.84. The maximum atomic E-state index is 13.9. The molecule has 19 heavy (non-hydrogen) atoms. The second-order valence-corrected chi connectivity index (χ2v) is 5.90. The maximum absolute atomic E-state index is 13.9. The van der Waals surface area contributed by atoms with Gasteiger partial charge in [0.1, 0.15) is 11.6 Å². The van der Waals surface area contributed by atoms with Crippen LogP contribution in [0, 0.1) is 11.6 Å². The SMILES string of the molecule is NC(Cc1ccc(F)cc1Br)c1cccc(Br)c1F. The van der Waals surface area contributed by atoms with E-state index in [9.17, 15) is 8.78 Å². The van der Waals surface area contributed by atoms with Crippen molar-refractivity contribution in [2.75, 3.05) is 0 Å². The molecular weight excluding hydrogens is 380 g/mol. The fraction of sp³-hybridized carbons (Fsp3) is 0.143. The molecule has 0 radical (unpaired) electrons. The monoisotopic (exact) mass is 389 g/mol. The van der Waals surface area contributed by atoms with E-state index < -0.39 is 6.04 Å². The normalized spacial score (nSPS) is 12.5. The summed E-state index contributed by atoms with van der Waals surface area (Å²) >= 11 is 6.42. The van der Waals surface area contributed by atoms with E-state index in [1.54, 1.807) is 24.3 Å². The lowest BCUT2D eigenvalue weighted by atomic mass is 9.99. The minimum Gasteiger partial charge on any atom is -0.324 e. The molecule has 0 saturated carbocycles. The first-order valence-electron chi connectivity index (χ1n) is 5.62. The van der Waals surface area contributed by atoms with Crippen molar-refractivity contribution in [1.29, 1.82) is 0 Å². The third-order valence-electron chi connectivity index (χ3n) is 2.84. The Morgan fingerprint density at radius 3 is 2.47 bits per heavy atom. The van der Waals surface area contributed by atoms with Crippen molar-refractivity contribution in [1.82, 2.24) is 0 Å². The van der Waals surface area contributed by atoms with Crippen LogP contribution in [0.2, 0.25) is 0 Å². The highest BCUT2D eigenvalue weighted by Crippen LogP contribution is 2.27. The van der Waals surface area contributed by atoms with Gasteiger partial charge in [0, 0.05) is 16.1 Å². The summed E-state index contributed by atoms with van der Waals surface area (Å²) in [4.78, 5) is 0. The molecule has 0 aliphatic carbocycles. The van der Waals surface area contributed by atoms with Gasteiger partial charge in [-0.05, 0) is 46.1 Å². The second-order valence-electron chi connectivity index (χ2n) is 4.19. The van der Waals surface area contributed by atoms with Gasteiger partial charge >= 0.3 is 0 Å². The summed E-state index contributed by atoms with van der Waals surface area (Å²) in [5.74, 6) is -0.675. The number of halogens is 4. The molecule has 0 heterocycles. The molecule has 100 valence electrons. The number of nitrogens with two attached hydrogens (primary N) is 1. The molecule has 2 aromatic rings. The van der Waals surface area contributed by atoms with E-state index in [4.69, 9.17) is 5.73 Å². The van der Waals surface area contributed by atoms with E-state index in [0.717, 1.165) is 5.56 Å². The summed E-state index contributed by atoms with van der Waals surface area (Å²) in [6.45, 7) is 0. The van der Waals surface area contributed by atoms with Crippen molar-refractivity contribution in [2.24, 2.45) is 5.73 Å². The second kappa shape index (κ2) is 6.11. The molecule has 0 bridgehead atoms. The summed E-state index contributed by atoms with van der Waals surface area (Å²) in [6.07, 6.45) is 0.425. The Morgan fingerprint density at radius 1 is 1.05 bits per heavy atom. The van der Waals surface area contributed by atoms with Crippen LogP contribution in [0.4, 0.5) is 8.78 Å². The fourth-order valence-electron chi connectivity index (χ4n) is 1.84. The van der Waals surface area contributed by atoms with Crippen molar-refractivity contribution in [3.8, 4) is 0 Å². The van der Waals surface area contributed by atoms with Gasteiger partial charge in [-0.25, -0.2) is 8.78 Å². The Kier molecular flexibility index (Phi) is 4.71. The van der Waals surface area contributed by atoms with Crippen LogP contribution in [0.5, 0.6) is 0 Å². The lowest BCUT2D eigenvalue weighted by molar-refractivity contribution is 0.573. The first kappa shape index (κ1) is 14.6. The van der Waals surface area contributed by atoms with Gasteiger partial charge in [0.2, 0.25) is 0 Å². The van der Waals surface area contributed by atoms with Crippen LogP contribution in [-0.4, -0.2) is 0 Å². The van der Waals surface area contributed by atoms with Gasteiger partial charge in [0.05, 0.1) is 4.47 Å². The summed E-state index contributed by atoms with van der Waals surface area (Å²) in [5.41, 5.74) is 7.31. The van der Waals surface area contributed by atoms with E-state index >= 15 is 0 Å². The van der Waals surface area contributed by atoms with Crippen LogP contribution in [0.15, 0.2) is 45.3 Å². The Morgan fingerprint density at radius 2 is 1.79 bits per heavy atom. The molecule has 2 aromatic carbocycles. The molecule has 0 aromatic heterocycles. The van der Waals surface area contributed by atoms with Gasteiger partial charge in [-0.2, -0.15) is 0 Å². The van der Waals surface area contributed by atoms with E-state index in [2.05, 4.69) is 31.9 Å². The van der Waals surface area contributed by atoms with Crippen LogP contribution < -0.4 is 5.73 Å². The summed E-state index contributed by atoms with van der Waals surface area (Å²) in [7, 11) is 0. The standard InChI is InChI=1S/C14H11Br2F2N/c15-11-3-1-2-10(14(11)18)13(19)6-8-4-5-9(17)7-12(8)16/h1-5,7,13H,6,19H2. The highest BCUT2D eigenvalue weighted by molar-refractivity contribution is 9.10. The number of benzene rings is 2. The average molecular weight is 391 g/mol. The quantitative estimate of drug-likeness (QED) is 0.805. The largest absolute Gasteiger partial charge is 0.324 e. The fourth-order valence-corrected chi connectivity index (χ4v) is 2.74. The molecule has 0 aliphatic rings. The lowest BCUT2D eigenvalue weighted by Crippen LogP contribution is -2.15.